The minimum Gasteiger partial charge on any atom is -0.478 e. The van der Waals surface area contributed by atoms with Gasteiger partial charge < -0.3 is 10.2 Å². The van der Waals surface area contributed by atoms with E-state index in [9.17, 15) is 9.59 Å². The van der Waals surface area contributed by atoms with Crippen molar-refractivity contribution in [2.24, 2.45) is 0 Å². The summed E-state index contributed by atoms with van der Waals surface area (Å²) >= 11 is 0. The van der Waals surface area contributed by atoms with Gasteiger partial charge in [0, 0.05) is 5.57 Å². The monoisotopic (exact) mass is 266 g/mol. The minimum atomic E-state index is -1.19. The first-order chi connectivity index (χ1) is 8.75. The van der Waals surface area contributed by atoms with Gasteiger partial charge in [-0.2, -0.15) is 0 Å². The van der Waals surface area contributed by atoms with Crippen molar-refractivity contribution in [3.63, 3.8) is 0 Å². The van der Waals surface area contributed by atoms with Gasteiger partial charge in [0.2, 0.25) is 0 Å². The lowest BCUT2D eigenvalue weighted by Gasteiger charge is -2.04. The van der Waals surface area contributed by atoms with Crippen LogP contribution in [0.15, 0.2) is 34.4 Å². The number of carboxylic acid groups (broad SMARTS) is 2. The maximum Gasteiger partial charge on any atom is 0.332 e. The molecule has 0 aromatic rings. The molecule has 4 nitrogen and oxygen atoms in total. The number of carboxylic acids is 2. The summed E-state index contributed by atoms with van der Waals surface area (Å²) < 4.78 is 0. The van der Waals surface area contributed by atoms with Crippen LogP contribution in [-0.4, -0.2) is 22.2 Å². The van der Waals surface area contributed by atoms with Gasteiger partial charge in [-0.05, 0) is 47.0 Å². The molecular weight excluding hydrogens is 244 g/mol. The molecule has 0 aromatic heterocycles. The van der Waals surface area contributed by atoms with Gasteiger partial charge in [-0.1, -0.05) is 23.3 Å². The van der Waals surface area contributed by atoms with E-state index in [-0.39, 0.29) is 17.6 Å². The first kappa shape index (κ1) is 17.2. The molecule has 19 heavy (non-hydrogen) atoms. The van der Waals surface area contributed by atoms with Crippen LogP contribution in [0.2, 0.25) is 0 Å². The van der Waals surface area contributed by atoms with Crippen LogP contribution in [0.3, 0.4) is 0 Å². The van der Waals surface area contributed by atoms with E-state index in [1.165, 1.54) is 12.5 Å². The maximum absolute atomic E-state index is 11.0. The Morgan fingerprint density at radius 3 is 1.95 bits per heavy atom. The summed E-state index contributed by atoms with van der Waals surface area (Å²) in [5, 5.41) is 17.8. The van der Waals surface area contributed by atoms with Crippen LogP contribution in [0.1, 0.15) is 47.0 Å². The zero-order valence-electron chi connectivity index (χ0n) is 12.0. The molecule has 0 rings (SSSR count). The summed E-state index contributed by atoms with van der Waals surface area (Å²) in [4.78, 5) is 21.8. The van der Waals surface area contributed by atoms with Gasteiger partial charge in [-0.15, -0.1) is 0 Å². The van der Waals surface area contributed by atoms with Crippen LogP contribution in [0.5, 0.6) is 0 Å². The van der Waals surface area contributed by atoms with Crippen molar-refractivity contribution in [3.8, 4) is 0 Å². The Kier molecular flexibility index (Phi) is 7.49. The van der Waals surface area contributed by atoms with E-state index in [0.29, 0.717) is 0 Å². The standard InChI is InChI=1S/C15H22O4/c1-10(2)6-5-7-11(3)8-9-13(15(18)19)12(4)14(16)17/h6,8H,5,7,9H2,1-4H3,(H,16,17)(H,18,19)/b11-8+,13-12-. The lowest BCUT2D eigenvalue weighted by Crippen LogP contribution is -2.08. The van der Waals surface area contributed by atoms with Crippen molar-refractivity contribution in [1.82, 2.24) is 0 Å². The second-order valence-electron chi connectivity index (χ2n) is 4.79. The average Bonchev–Trinajstić information content (AvgIpc) is 2.27. The van der Waals surface area contributed by atoms with Crippen LogP contribution < -0.4 is 0 Å². The Bertz CT molecular complexity index is 435. The normalized spacial score (nSPS) is 12.7. The molecule has 0 spiro atoms. The highest BCUT2D eigenvalue weighted by Crippen LogP contribution is 2.14. The van der Waals surface area contributed by atoms with E-state index < -0.39 is 11.9 Å². The van der Waals surface area contributed by atoms with E-state index in [1.807, 2.05) is 20.8 Å². The quantitative estimate of drug-likeness (QED) is 0.546. The van der Waals surface area contributed by atoms with E-state index in [4.69, 9.17) is 10.2 Å². The molecule has 2 N–H and O–H groups in total. The van der Waals surface area contributed by atoms with Crippen molar-refractivity contribution in [2.75, 3.05) is 0 Å². The van der Waals surface area contributed by atoms with Crippen molar-refractivity contribution in [3.05, 3.63) is 34.4 Å². The van der Waals surface area contributed by atoms with Crippen LogP contribution in [-0.2, 0) is 9.59 Å². The summed E-state index contributed by atoms with van der Waals surface area (Å²) in [6, 6.07) is 0. The smallest absolute Gasteiger partial charge is 0.332 e. The summed E-state index contributed by atoms with van der Waals surface area (Å²) in [6.07, 6.45) is 5.82. The molecule has 0 saturated carbocycles. The number of carbonyl (C=O) groups is 2. The topological polar surface area (TPSA) is 74.6 Å². The Morgan fingerprint density at radius 2 is 1.53 bits per heavy atom. The number of hydrogen-bond acceptors (Lipinski definition) is 2. The molecule has 0 heterocycles. The summed E-state index contributed by atoms with van der Waals surface area (Å²) in [5.41, 5.74) is 2.14. The molecule has 0 bridgehead atoms. The summed E-state index contributed by atoms with van der Waals surface area (Å²) in [7, 11) is 0. The predicted octanol–water partition coefficient (Wildman–Crippen LogP) is 3.55. The lowest BCUT2D eigenvalue weighted by atomic mass is 10.0. The first-order valence-corrected chi connectivity index (χ1v) is 6.21. The largest absolute Gasteiger partial charge is 0.478 e. The van der Waals surface area contributed by atoms with Crippen LogP contribution in [0.4, 0.5) is 0 Å². The van der Waals surface area contributed by atoms with Crippen molar-refractivity contribution >= 4 is 11.9 Å². The summed E-state index contributed by atoms with van der Waals surface area (Å²) in [5.74, 6) is -2.36. The number of hydrogen-bond donors (Lipinski definition) is 2. The molecule has 0 aliphatic heterocycles. The average molecular weight is 266 g/mol. The number of allylic oxidation sites excluding steroid dienone is 4. The van der Waals surface area contributed by atoms with Gasteiger partial charge in [0.05, 0.1) is 5.57 Å². The fourth-order valence-electron chi connectivity index (χ4n) is 1.50. The van der Waals surface area contributed by atoms with Crippen LogP contribution >= 0.6 is 0 Å². The molecule has 0 aliphatic rings. The van der Waals surface area contributed by atoms with Crippen LogP contribution in [0, 0.1) is 0 Å². The van der Waals surface area contributed by atoms with Gasteiger partial charge in [-0.25, -0.2) is 9.59 Å². The molecule has 0 aliphatic carbocycles. The Hall–Kier alpha value is -1.84. The van der Waals surface area contributed by atoms with Crippen LogP contribution in [0.25, 0.3) is 0 Å². The molecule has 4 heteroatoms. The third-order valence-corrected chi connectivity index (χ3v) is 2.78. The Balaban J connectivity index is 4.73. The van der Waals surface area contributed by atoms with E-state index in [0.717, 1.165) is 18.4 Å². The molecule has 0 amide bonds. The summed E-state index contributed by atoms with van der Waals surface area (Å²) in [6.45, 7) is 7.30. The number of aliphatic carboxylic acids is 2. The molecule has 106 valence electrons. The third-order valence-electron chi connectivity index (χ3n) is 2.78. The predicted molar refractivity (Wildman–Crippen MR) is 75.0 cm³/mol. The Morgan fingerprint density at radius 1 is 0.947 bits per heavy atom. The number of rotatable bonds is 7. The van der Waals surface area contributed by atoms with E-state index in [1.54, 1.807) is 6.08 Å². The zero-order chi connectivity index (χ0) is 15.0. The van der Waals surface area contributed by atoms with Gasteiger partial charge in [0.25, 0.3) is 0 Å². The third kappa shape index (κ3) is 7.24. The van der Waals surface area contributed by atoms with Gasteiger partial charge in [0.15, 0.2) is 0 Å². The molecule has 0 fully saturated rings. The maximum atomic E-state index is 11.0. The Labute approximate surface area is 114 Å². The molecule has 0 atom stereocenters. The lowest BCUT2D eigenvalue weighted by molar-refractivity contribution is -0.135. The molecule has 0 saturated heterocycles. The van der Waals surface area contributed by atoms with E-state index >= 15 is 0 Å². The first-order valence-electron chi connectivity index (χ1n) is 6.21. The highest BCUT2D eigenvalue weighted by molar-refractivity contribution is 5.98. The van der Waals surface area contributed by atoms with Gasteiger partial charge >= 0.3 is 11.9 Å². The van der Waals surface area contributed by atoms with Gasteiger partial charge in [0.1, 0.15) is 0 Å². The molecule has 0 unspecified atom stereocenters. The fourth-order valence-corrected chi connectivity index (χ4v) is 1.50. The minimum absolute atomic E-state index is 0.0611. The molecule has 0 radical (unpaired) electrons. The molecular formula is C15H22O4. The zero-order valence-corrected chi connectivity index (χ0v) is 12.0. The van der Waals surface area contributed by atoms with Gasteiger partial charge in [-0.3, -0.25) is 0 Å². The fraction of sp³-hybridized carbons (Fsp3) is 0.467. The van der Waals surface area contributed by atoms with Crippen molar-refractivity contribution < 1.29 is 19.8 Å². The SMILES string of the molecule is CC(C)=CCC/C(C)=C/C/C(C(=O)O)=C(\C)C(=O)O. The highest BCUT2D eigenvalue weighted by Gasteiger charge is 2.14. The van der Waals surface area contributed by atoms with Crippen molar-refractivity contribution in [1.29, 1.82) is 0 Å². The molecule has 0 aromatic carbocycles. The second kappa shape index (κ2) is 8.29. The second-order valence-corrected chi connectivity index (χ2v) is 4.79. The van der Waals surface area contributed by atoms with Crippen molar-refractivity contribution in [2.45, 2.75) is 47.0 Å². The van der Waals surface area contributed by atoms with E-state index in [2.05, 4.69) is 6.08 Å². The highest BCUT2D eigenvalue weighted by atomic mass is 16.4.